The third kappa shape index (κ3) is 4.16. The Labute approximate surface area is 61.9 Å². The first-order chi connectivity index (χ1) is 4.49. The fraction of sp³-hybridized carbons (Fsp3) is 0.857. The molecule has 0 radical (unpaired) electrons. The van der Waals surface area contributed by atoms with Gasteiger partial charge in [-0.05, 0) is 20.8 Å². The van der Waals surface area contributed by atoms with Crippen molar-refractivity contribution in [1.82, 2.24) is 4.90 Å². The molecular weight excluding hydrogens is 128 g/mol. The summed E-state index contributed by atoms with van der Waals surface area (Å²) in [4.78, 5) is 1.51. The van der Waals surface area contributed by atoms with Crippen LogP contribution in [0.1, 0.15) is 20.8 Å². The van der Waals surface area contributed by atoms with Gasteiger partial charge in [0.2, 0.25) is 0 Å². The van der Waals surface area contributed by atoms with Crippen LogP contribution in [0.4, 0.5) is 0 Å². The second kappa shape index (κ2) is 3.43. The highest BCUT2D eigenvalue weighted by molar-refractivity contribution is 4.79. The standard InChI is InChI=1S/C7H14N2O/c1-4-9(6-8)5-7(2,3)10/h10H,4-5H2,1-3H3. The number of hydrogen-bond donors (Lipinski definition) is 1. The van der Waals surface area contributed by atoms with Gasteiger partial charge in [0, 0.05) is 6.54 Å². The molecule has 0 saturated carbocycles. The van der Waals surface area contributed by atoms with Crippen LogP contribution in [0.25, 0.3) is 0 Å². The van der Waals surface area contributed by atoms with E-state index in [0.717, 1.165) is 0 Å². The van der Waals surface area contributed by atoms with Crippen LogP contribution in [-0.4, -0.2) is 28.7 Å². The molecule has 3 heteroatoms. The molecule has 0 spiro atoms. The Kier molecular flexibility index (Phi) is 3.17. The molecule has 0 aromatic heterocycles. The monoisotopic (exact) mass is 142 g/mol. The average Bonchev–Trinajstić information content (AvgIpc) is 1.81. The zero-order valence-electron chi connectivity index (χ0n) is 6.76. The molecule has 0 aromatic carbocycles. The number of nitrogens with zero attached hydrogens (tertiary/aromatic N) is 2. The van der Waals surface area contributed by atoms with Crippen LogP contribution in [0.3, 0.4) is 0 Å². The third-order valence-corrected chi connectivity index (χ3v) is 1.10. The Morgan fingerprint density at radius 3 is 2.20 bits per heavy atom. The number of hydrogen-bond acceptors (Lipinski definition) is 3. The molecule has 3 nitrogen and oxygen atoms in total. The lowest BCUT2D eigenvalue weighted by atomic mass is 10.1. The first kappa shape index (κ1) is 9.25. The van der Waals surface area contributed by atoms with Crippen molar-refractivity contribution in [2.45, 2.75) is 26.4 Å². The summed E-state index contributed by atoms with van der Waals surface area (Å²) in [7, 11) is 0. The predicted molar refractivity (Wildman–Crippen MR) is 39.2 cm³/mol. The van der Waals surface area contributed by atoms with E-state index in [1.165, 1.54) is 4.90 Å². The van der Waals surface area contributed by atoms with Crippen molar-refractivity contribution in [2.75, 3.05) is 13.1 Å². The van der Waals surface area contributed by atoms with E-state index >= 15 is 0 Å². The summed E-state index contributed by atoms with van der Waals surface area (Å²) in [5, 5.41) is 17.7. The molecule has 0 aromatic rings. The van der Waals surface area contributed by atoms with Gasteiger partial charge < -0.3 is 10.0 Å². The van der Waals surface area contributed by atoms with Crippen LogP contribution < -0.4 is 0 Å². The van der Waals surface area contributed by atoms with Crippen LogP contribution in [0.5, 0.6) is 0 Å². The summed E-state index contributed by atoms with van der Waals surface area (Å²) in [5.74, 6) is 0. The second-order valence-corrected chi connectivity index (χ2v) is 2.93. The van der Waals surface area contributed by atoms with Crippen LogP contribution in [0, 0.1) is 11.5 Å². The summed E-state index contributed by atoms with van der Waals surface area (Å²) in [6.07, 6.45) is 1.98. The third-order valence-electron chi connectivity index (χ3n) is 1.10. The average molecular weight is 142 g/mol. The molecule has 0 aliphatic heterocycles. The fourth-order valence-electron chi connectivity index (χ4n) is 0.685. The molecule has 0 saturated heterocycles. The molecule has 0 fully saturated rings. The molecule has 58 valence electrons. The van der Waals surface area contributed by atoms with E-state index in [0.29, 0.717) is 13.1 Å². The summed E-state index contributed by atoms with van der Waals surface area (Å²) in [5.41, 5.74) is -0.772. The molecule has 0 bridgehead atoms. The van der Waals surface area contributed by atoms with Crippen LogP contribution in [0.15, 0.2) is 0 Å². The van der Waals surface area contributed by atoms with Crippen molar-refractivity contribution >= 4 is 0 Å². The topological polar surface area (TPSA) is 47.3 Å². The Morgan fingerprint density at radius 2 is 2.10 bits per heavy atom. The Hall–Kier alpha value is -0.750. The summed E-state index contributed by atoms with van der Waals surface area (Å²) in [6.45, 7) is 6.31. The number of aliphatic hydroxyl groups is 1. The van der Waals surface area contributed by atoms with Crippen molar-refractivity contribution in [3.05, 3.63) is 0 Å². The van der Waals surface area contributed by atoms with Gasteiger partial charge in [-0.1, -0.05) is 0 Å². The van der Waals surface area contributed by atoms with Crippen molar-refractivity contribution in [3.63, 3.8) is 0 Å². The first-order valence-corrected chi connectivity index (χ1v) is 3.36. The van der Waals surface area contributed by atoms with Gasteiger partial charge in [-0.2, -0.15) is 5.26 Å². The summed E-state index contributed by atoms with van der Waals surface area (Å²) < 4.78 is 0. The van der Waals surface area contributed by atoms with Gasteiger partial charge in [0.25, 0.3) is 0 Å². The van der Waals surface area contributed by atoms with Crippen molar-refractivity contribution in [2.24, 2.45) is 0 Å². The largest absolute Gasteiger partial charge is 0.389 e. The molecule has 0 heterocycles. The lowest BCUT2D eigenvalue weighted by Crippen LogP contribution is -2.35. The number of nitriles is 1. The maximum absolute atomic E-state index is 9.26. The van der Waals surface area contributed by atoms with E-state index in [1.54, 1.807) is 13.8 Å². The quantitative estimate of drug-likeness (QED) is 0.462. The van der Waals surface area contributed by atoms with E-state index in [1.807, 2.05) is 13.1 Å². The fourth-order valence-corrected chi connectivity index (χ4v) is 0.685. The summed E-state index contributed by atoms with van der Waals surface area (Å²) in [6, 6.07) is 0. The molecule has 0 unspecified atom stereocenters. The number of likely N-dealkylation sites (N-methyl/N-ethyl adjacent to an activating group) is 1. The molecule has 0 aliphatic carbocycles. The normalized spacial score (nSPS) is 10.7. The molecule has 0 atom stereocenters. The lowest BCUT2D eigenvalue weighted by molar-refractivity contribution is 0.0540. The van der Waals surface area contributed by atoms with Gasteiger partial charge in [0.1, 0.15) is 0 Å². The van der Waals surface area contributed by atoms with Gasteiger partial charge in [-0.25, -0.2) is 0 Å². The minimum atomic E-state index is -0.772. The zero-order chi connectivity index (χ0) is 8.20. The zero-order valence-corrected chi connectivity index (χ0v) is 6.76. The maximum Gasteiger partial charge on any atom is 0.179 e. The Balaban J connectivity index is 3.78. The van der Waals surface area contributed by atoms with Crippen molar-refractivity contribution in [3.8, 4) is 6.19 Å². The van der Waals surface area contributed by atoms with E-state index in [9.17, 15) is 5.11 Å². The molecule has 0 aliphatic rings. The van der Waals surface area contributed by atoms with E-state index < -0.39 is 5.60 Å². The Morgan fingerprint density at radius 1 is 1.60 bits per heavy atom. The minimum absolute atomic E-state index is 0.403. The highest BCUT2D eigenvalue weighted by atomic mass is 16.3. The van der Waals surface area contributed by atoms with E-state index in [-0.39, 0.29) is 0 Å². The van der Waals surface area contributed by atoms with Crippen molar-refractivity contribution < 1.29 is 5.11 Å². The van der Waals surface area contributed by atoms with Gasteiger partial charge >= 0.3 is 0 Å². The molecule has 0 rings (SSSR count). The van der Waals surface area contributed by atoms with Crippen molar-refractivity contribution in [1.29, 1.82) is 5.26 Å². The SMILES string of the molecule is CCN(C#N)CC(C)(C)O. The van der Waals surface area contributed by atoms with Gasteiger partial charge in [0.15, 0.2) is 6.19 Å². The highest BCUT2D eigenvalue weighted by Crippen LogP contribution is 2.02. The van der Waals surface area contributed by atoms with Crippen LogP contribution >= 0.6 is 0 Å². The van der Waals surface area contributed by atoms with Gasteiger partial charge in [-0.15, -0.1) is 0 Å². The maximum atomic E-state index is 9.26. The summed E-state index contributed by atoms with van der Waals surface area (Å²) >= 11 is 0. The molecule has 10 heavy (non-hydrogen) atoms. The highest BCUT2D eigenvalue weighted by Gasteiger charge is 2.15. The number of rotatable bonds is 3. The van der Waals surface area contributed by atoms with E-state index in [2.05, 4.69) is 0 Å². The molecule has 1 N–H and O–H groups in total. The predicted octanol–water partition coefficient (Wildman–Crippen LogP) is 0.560. The van der Waals surface area contributed by atoms with Gasteiger partial charge in [-0.3, -0.25) is 0 Å². The molecular formula is C7H14N2O. The minimum Gasteiger partial charge on any atom is -0.389 e. The van der Waals surface area contributed by atoms with Crippen LogP contribution in [-0.2, 0) is 0 Å². The van der Waals surface area contributed by atoms with E-state index in [4.69, 9.17) is 5.26 Å². The first-order valence-electron chi connectivity index (χ1n) is 3.36. The molecule has 0 amide bonds. The van der Waals surface area contributed by atoms with Crippen LogP contribution in [0.2, 0.25) is 0 Å². The lowest BCUT2D eigenvalue weighted by Gasteiger charge is -2.22. The second-order valence-electron chi connectivity index (χ2n) is 2.93. The smallest absolute Gasteiger partial charge is 0.179 e. The Bertz CT molecular complexity index is 132. The van der Waals surface area contributed by atoms with Gasteiger partial charge in [0.05, 0.1) is 12.1 Å².